The molecule has 0 radical (unpaired) electrons. The number of hydrogen-bond acceptors (Lipinski definition) is 28. The largest absolute Gasteiger partial charge is 0.491 e. The first-order chi connectivity index (χ1) is 61.7. The third-order valence-corrected chi connectivity index (χ3v) is 19.3. The third kappa shape index (κ3) is 36.0. The highest BCUT2D eigenvalue weighted by Crippen LogP contribution is 2.37. The maximum Gasteiger partial charge on any atom is 0.273 e. The molecule has 3 aliphatic rings. The number of thiophene rings is 1. The number of hydrogen-bond donors (Lipinski definition) is 1. The van der Waals surface area contributed by atoms with Crippen molar-refractivity contribution in [3.05, 3.63) is 177 Å². The van der Waals surface area contributed by atoms with Gasteiger partial charge in [0.25, 0.3) is 5.91 Å². The van der Waals surface area contributed by atoms with Crippen molar-refractivity contribution in [3.63, 3.8) is 0 Å². The Morgan fingerprint density at radius 3 is 1.01 bits per heavy atom. The van der Waals surface area contributed by atoms with Crippen molar-refractivity contribution in [2.75, 3.05) is 266 Å². The number of ether oxygens (including phenoxy) is 22. The zero-order chi connectivity index (χ0) is 87.0. The van der Waals surface area contributed by atoms with E-state index in [9.17, 15) is 14.4 Å². The van der Waals surface area contributed by atoms with Gasteiger partial charge in [0.2, 0.25) is 11.8 Å². The van der Waals surface area contributed by atoms with Crippen LogP contribution in [0.2, 0.25) is 0 Å². The quantitative estimate of drug-likeness (QED) is 0.0210. The highest BCUT2D eigenvalue weighted by Gasteiger charge is 2.34. The SMILES string of the molecule is COCCOCCOCCOCCOCCOCCOc1cccc(C#Cc2c3nc(c(C#Cc4cccc(OCCOCCOCCOCCOCCOCCOC)c4)c4ccc([nH]4)c(-c4ccc(OCC(=O)N5C(=O)CCC5=O)cc4)c4ccc(s4)c(C#Cc4cccc(OCCOCCOCCOCCOCCOCCOC)c4)c4nc2C=C4)C=C3)c1. The number of fused-ring (bicyclic) bond motifs is 8. The van der Waals surface area contributed by atoms with E-state index in [2.05, 4.69) is 40.5 Å². The normalized spacial score (nSPS) is 12.2. The maximum atomic E-state index is 13.1. The smallest absolute Gasteiger partial charge is 0.273 e. The van der Waals surface area contributed by atoms with Gasteiger partial charge >= 0.3 is 0 Å². The molecule has 6 heterocycles. The van der Waals surface area contributed by atoms with Crippen LogP contribution in [-0.4, -0.2) is 303 Å². The second kappa shape index (κ2) is 59.0. The molecule has 3 aliphatic heterocycles. The molecule has 4 aromatic carbocycles. The number of benzene rings is 4. The molecule has 0 spiro atoms. The minimum Gasteiger partial charge on any atom is -0.491 e. The van der Waals surface area contributed by atoms with Crippen LogP contribution in [0.4, 0.5) is 0 Å². The molecule has 1 fully saturated rings. The number of nitrogens with zero attached hydrogens (tertiary/aromatic N) is 3. The summed E-state index contributed by atoms with van der Waals surface area (Å²) in [7, 11) is 4.91. The summed E-state index contributed by atoms with van der Waals surface area (Å²) in [4.78, 5) is 53.2. The third-order valence-electron chi connectivity index (χ3n) is 18.2. The number of nitrogens with one attached hydrogen (secondary N) is 1. The van der Waals surface area contributed by atoms with E-state index in [0.29, 0.717) is 327 Å². The fourth-order valence-electron chi connectivity index (χ4n) is 12.0. The van der Waals surface area contributed by atoms with Gasteiger partial charge in [-0.2, -0.15) is 0 Å². The lowest BCUT2D eigenvalue weighted by Crippen LogP contribution is -2.38. The molecule has 10 rings (SSSR count). The lowest BCUT2D eigenvalue weighted by Gasteiger charge is -2.12. The Kier molecular flexibility index (Phi) is 45.8. The van der Waals surface area contributed by atoms with Gasteiger partial charge in [-0.15, -0.1) is 11.3 Å². The van der Waals surface area contributed by atoms with Crippen molar-refractivity contribution in [2.24, 2.45) is 0 Å². The number of aromatic nitrogens is 3. The summed E-state index contributed by atoms with van der Waals surface area (Å²) in [6.07, 6.45) is 7.67. The molecule has 1 saturated heterocycles. The molecule has 125 heavy (non-hydrogen) atoms. The first-order valence-electron chi connectivity index (χ1n) is 41.8. The summed E-state index contributed by atoms with van der Waals surface area (Å²) in [6, 6.07) is 38.0. The summed E-state index contributed by atoms with van der Waals surface area (Å²) in [5, 5.41) is 0. The van der Waals surface area contributed by atoms with Gasteiger partial charge in [0.15, 0.2) is 6.61 Å². The van der Waals surface area contributed by atoms with Crippen molar-refractivity contribution >= 4 is 73.8 Å². The van der Waals surface area contributed by atoms with Crippen LogP contribution >= 0.6 is 11.3 Å². The van der Waals surface area contributed by atoms with Crippen LogP contribution in [0, 0.1) is 35.5 Å². The lowest BCUT2D eigenvalue weighted by atomic mass is 10.1. The zero-order valence-corrected chi connectivity index (χ0v) is 72.2. The number of H-pyrrole nitrogens is 1. The van der Waals surface area contributed by atoms with Gasteiger partial charge in [0.05, 0.1) is 263 Å². The Hall–Kier alpha value is -10.1. The van der Waals surface area contributed by atoms with Crippen LogP contribution in [0.15, 0.2) is 121 Å². The molecule has 0 atom stereocenters. The summed E-state index contributed by atoms with van der Waals surface area (Å²) >= 11 is 1.52. The number of methoxy groups -OCH3 is 3. The summed E-state index contributed by atoms with van der Waals surface area (Å²) in [5.74, 6) is 21.2. The maximum absolute atomic E-state index is 13.1. The van der Waals surface area contributed by atoms with Crippen LogP contribution in [0.25, 0.3) is 55.9 Å². The van der Waals surface area contributed by atoms with Crippen LogP contribution in [-0.2, 0) is 99.6 Å². The molecule has 0 aliphatic carbocycles. The first-order valence-corrected chi connectivity index (χ1v) is 42.6. The van der Waals surface area contributed by atoms with Gasteiger partial charge in [-0.3, -0.25) is 14.4 Å². The molecule has 3 aromatic heterocycles. The molecule has 8 bridgehead atoms. The Morgan fingerprint density at radius 1 is 0.328 bits per heavy atom. The van der Waals surface area contributed by atoms with E-state index in [1.165, 1.54) is 11.3 Å². The van der Waals surface area contributed by atoms with Crippen LogP contribution in [0.1, 0.15) is 69.0 Å². The Bertz CT molecular complexity index is 4650. The summed E-state index contributed by atoms with van der Waals surface area (Å²) < 4.78 is 125. The van der Waals surface area contributed by atoms with Crippen molar-refractivity contribution < 1.29 is 119 Å². The van der Waals surface area contributed by atoms with Crippen molar-refractivity contribution in [1.82, 2.24) is 19.9 Å². The number of carbonyl (C=O) groups is 3. The average molecular weight is 1740 g/mol. The molecular weight excluding hydrogens is 1630 g/mol. The minimum atomic E-state index is -0.730. The highest BCUT2D eigenvalue weighted by molar-refractivity contribution is 7.24. The highest BCUT2D eigenvalue weighted by atomic mass is 32.1. The van der Waals surface area contributed by atoms with Gasteiger partial charge in [-0.25, -0.2) is 14.9 Å². The molecular formula is C95H112N4O25S. The molecule has 30 heteroatoms. The second-order valence-corrected chi connectivity index (χ2v) is 28.3. The molecule has 3 amide bonds. The van der Waals surface area contributed by atoms with Crippen molar-refractivity contribution in [2.45, 2.75) is 12.8 Å². The Labute approximate surface area is 734 Å². The number of imide groups is 3. The van der Waals surface area contributed by atoms with Gasteiger partial charge in [-0.1, -0.05) is 65.9 Å². The van der Waals surface area contributed by atoms with Crippen LogP contribution in [0.3, 0.4) is 0 Å². The van der Waals surface area contributed by atoms with Crippen molar-refractivity contribution in [1.29, 1.82) is 0 Å². The average Bonchev–Trinajstić information content (AvgIpc) is 1.63. The molecule has 7 aromatic rings. The molecule has 0 unspecified atom stereocenters. The van der Waals surface area contributed by atoms with E-state index in [1.807, 2.05) is 133 Å². The van der Waals surface area contributed by atoms with Gasteiger partial charge < -0.3 is 109 Å². The van der Waals surface area contributed by atoms with Gasteiger partial charge in [0.1, 0.15) is 42.8 Å². The predicted molar refractivity (Wildman–Crippen MR) is 471 cm³/mol. The topological polar surface area (TPSA) is 299 Å². The van der Waals surface area contributed by atoms with E-state index < -0.39 is 24.3 Å². The first kappa shape index (κ1) is 97.1. The molecule has 0 saturated carbocycles. The molecule has 29 nitrogen and oxygen atoms in total. The number of rotatable bonds is 61. The zero-order valence-electron chi connectivity index (χ0n) is 71.4. The second-order valence-electron chi connectivity index (χ2n) is 27.3. The fourth-order valence-corrected chi connectivity index (χ4v) is 13.1. The summed E-state index contributed by atoms with van der Waals surface area (Å²) in [5.41, 5.74) is 9.03. The number of carbonyl (C=O) groups excluding carboxylic acids is 3. The predicted octanol–water partition coefficient (Wildman–Crippen LogP) is 10.6. The number of amides is 3. The Morgan fingerprint density at radius 2 is 0.640 bits per heavy atom. The van der Waals surface area contributed by atoms with E-state index >= 15 is 0 Å². The van der Waals surface area contributed by atoms with Gasteiger partial charge in [0, 0.05) is 71.3 Å². The van der Waals surface area contributed by atoms with Crippen LogP contribution < -0.4 is 18.9 Å². The molecule has 668 valence electrons. The van der Waals surface area contributed by atoms with Crippen molar-refractivity contribution in [3.8, 4) is 69.6 Å². The number of aromatic amines is 1. The summed E-state index contributed by atoms with van der Waals surface area (Å²) in [6.45, 7) is 15.4. The minimum absolute atomic E-state index is 0.0206. The monoisotopic (exact) mass is 1740 g/mol. The van der Waals surface area contributed by atoms with E-state index in [4.69, 9.17) is 114 Å². The molecule has 1 N–H and O–H groups in total. The van der Waals surface area contributed by atoms with E-state index in [1.54, 1.807) is 33.5 Å². The fraction of sp³-hybridized carbons (Fsp3) is 0.442. The number of likely N-dealkylation sites (tertiary alicyclic amines) is 1. The Balaban J connectivity index is 0.892. The van der Waals surface area contributed by atoms with Gasteiger partial charge in [-0.05, 0) is 121 Å². The standard InChI is InChI=1S/C95H112N4O25S/c1-103-33-36-106-39-42-109-45-48-112-51-54-115-57-60-118-63-66-121-78-10-4-7-73(69-78)13-20-81-84-23-24-85(96-84)82(21-14-74-8-5-11-79(70-74)122-67-64-119-61-58-116-55-52-113-49-46-110-43-40-107-37-34-104-2)87-27-28-89(98-87)95(76-16-18-77(19-17-76)124-72-94(102)99-92(100)31-32-93(99)101)91-30-29-90(125-91)83(88-26-25-86(81)97-88)22-15-75-9-6-12-80(71-75)123-68-65-120-62-59-117-56-53-114-50-47-111-44-41-108-38-35-105-3/h4-12,16-19,23-30,69-71,98H,31-68,72H2,1-3H3. The van der Waals surface area contributed by atoms with Crippen LogP contribution in [0.5, 0.6) is 23.0 Å². The lowest BCUT2D eigenvalue weighted by molar-refractivity contribution is -0.150. The van der Waals surface area contributed by atoms with E-state index in [-0.39, 0.29) is 12.8 Å². The van der Waals surface area contributed by atoms with E-state index in [0.717, 1.165) is 26.0 Å².